The van der Waals surface area contributed by atoms with Gasteiger partial charge in [-0.3, -0.25) is 14.5 Å². The minimum atomic E-state index is -1.49. The van der Waals surface area contributed by atoms with Gasteiger partial charge in [0.1, 0.15) is 35.1 Å². The van der Waals surface area contributed by atoms with Crippen molar-refractivity contribution in [3.8, 4) is 0 Å². The van der Waals surface area contributed by atoms with Crippen molar-refractivity contribution in [2.24, 2.45) is 5.92 Å². The van der Waals surface area contributed by atoms with Crippen molar-refractivity contribution in [1.29, 1.82) is 0 Å². The van der Waals surface area contributed by atoms with Crippen LogP contribution in [-0.2, 0) is 36.9 Å². The molecule has 13 heteroatoms. The third kappa shape index (κ3) is 7.23. The highest BCUT2D eigenvalue weighted by atomic mass is 19.1. The third-order valence-corrected chi connectivity index (χ3v) is 8.76. The fraction of sp³-hybridized carbons (Fsp3) is 0.594. The molecule has 244 valence electrons. The summed E-state index contributed by atoms with van der Waals surface area (Å²) in [5, 5.41) is 15.4. The Morgan fingerprint density at radius 2 is 1.91 bits per heavy atom. The number of alkyl carbamates (subject to hydrolysis) is 1. The molecule has 0 spiro atoms. The lowest BCUT2D eigenvalue weighted by Crippen LogP contribution is -2.56. The van der Waals surface area contributed by atoms with Crippen molar-refractivity contribution in [2.45, 2.75) is 108 Å². The molecule has 5 atom stereocenters. The molecule has 0 aromatic heterocycles. The number of fused-ring (bicyclic) bond motifs is 3. The standard InChI is InChI=1S/C32H41FN4O8/c1-31(2,3)45-29(42)34-24-13-8-6-4-5-7-11-20-15-32(20,28(40)41)35-26(38)25-14-21(17-37(25)27(24)39)44-30(43)36-16-19-10-9-12-23(33)22(19)18-36/h7,9-12,20-21,24-25H,4-6,8,13-18H2,1-3H3,(H,34,42)(H,35,38)(H,40,41). The molecule has 3 heterocycles. The topological polar surface area (TPSA) is 155 Å². The smallest absolute Gasteiger partial charge is 0.410 e. The molecule has 12 nitrogen and oxygen atoms in total. The van der Waals surface area contributed by atoms with E-state index in [0.29, 0.717) is 17.5 Å². The van der Waals surface area contributed by atoms with Crippen LogP contribution in [0.1, 0.15) is 76.8 Å². The van der Waals surface area contributed by atoms with E-state index in [9.17, 15) is 33.5 Å². The Bertz CT molecular complexity index is 1390. The van der Waals surface area contributed by atoms with Gasteiger partial charge in [-0.2, -0.15) is 0 Å². The molecule has 2 fully saturated rings. The van der Waals surface area contributed by atoms with Crippen LogP contribution in [0.15, 0.2) is 30.4 Å². The van der Waals surface area contributed by atoms with E-state index in [-0.39, 0.29) is 44.8 Å². The fourth-order valence-corrected chi connectivity index (χ4v) is 6.32. The second-order valence-corrected chi connectivity index (χ2v) is 13.3. The second-order valence-electron chi connectivity index (χ2n) is 13.3. The van der Waals surface area contributed by atoms with Gasteiger partial charge < -0.3 is 30.1 Å². The Morgan fingerprint density at radius 1 is 1.13 bits per heavy atom. The van der Waals surface area contributed by atoms with Crippen molar-refractivity contribution in [3.05, 3.63) is 47.3 Å². The number of halogens is 1. The summed E-state index contributed by atoms with van der Waals surface area (Å²) in [5.41, 5.74) is -1.22. The molecule has 45 heavy (non-hydrogen) atoms. The summed E-state index contributed by atoms with van der Waals surface area (Å²) in [6.45, 7) is 5.15. The lowest BCUT2D eigenvalue weighted by molar-refractivity contribution is -0.145. The maximum atomic E-state index is 14.3. The second kappa shape index (κ2) is 12.7. The third-order valence-electron chi connectivity index (χ3n) is 8.76. The Balaban J connectivity index is 1.37. The summed E-state index contributed by atoms with van der Waals surface area (Å²) in [6, 6.07) is 2.45. The molecule has 4 amide bonds. The van der Waals surface area contributed by atoms with Gasteiger partial charge >= 0.3 is 18.2 Å². The van der Waals surface area contributed by atoms with Crippen LogP contribution in [0.3, 0.4) is 0 Å². The minimum absolute atomic E-state index is 0.0258. The first-order chi connectivity index (χ1) is 21.3. The zero-order valence-electron chi connectivity index (χ0n) is 25.8. The van der Waals surface area contributed by atoms with E-state index < -0.39 is 65.1 Å². The van der Waals surface area contributed by atoms with Crippen molar-refractivity contribution >= 4 is 30.0 Å². The van der Waals surface area contributed by atoms with Crippen LogP contribution in [0, 0.1) is 11.7 Å². The Kier molecular flexibility index (Phi) is 9.09. The normalized spacial score (nSPS) is 28.5. The average molecular weight is 629 g/mol. The van der Waals surface area contributed by atoms with Crippen LogP contribution in [0.2, 0.25) is 0 Å². The number of nitrogens with zero attached hydrogens (tertiary/aromatic N) is 2. The molecule has 4 aliphatic rings. The molecule has 3 N–H and O–H groups in total. The summed E-state index contributed by atoms with van der Waals surface area (Å²) >= 11 is 0. The van der Waals surface area contributed by atoms with Gasteiger partial charge in [-0.1, -0.05) is 37.1 Å². The van der Waals surface area contributed by atoms with E-state index >= 15 is 0 Å². The lowest BCUT2D eigenvalue weighted by atomic mass is 10.0. The number of nitrogens with one attached hydrogen (secondary N) is 2. The first-order valence-electron chi connectivity index (χ1n) is 15.5. The number of amides is 4. The number of ether oxygens (including phenoxy) is 2. The van der Waals surface area contributed by atoms with Gasteiger partial charge in [0.25, 0.3) is 0 Å². The van der Waals surface area contributed by atoms with Gasteiger partial charge in [-0.15, -0.1) is 0 Å². The lowest BCUT2D eigenvalue weighted by Gasteiger charge is -2.30. The summed E-state index contributed by atoms with van der Waals surface area (Å²) in [6.07, 6.45) is 4.66. The van der Waals surface area contributed by atoms with Gasteiger partial charge in [0, 0.05) is 24.4 Å². The van der Waals surface area contributed by atoms with Gasteiger partial charge in [0.15, 0.2) is 0 Å². The Hall–Kier alpha value is -4.16. The van der Waals surface area contributed by atoms with E-state index in [1.54, 1.807) is 32.9 Å². The molecular formula is C32H41FN4O8. The maximum Gasteiger partial charge on any atom is 0.410 e. The molecule has 5 rings (SSSR count). The zero-order chi connectivity index (χ0) is 32.5. The van der Waals surface area contributed by atoms with Crippen molar-refractivity contribution in [3.63, 3.8) is 0 Å². The number of aliphatic carboxylic acids is 1. The van der Waals surface area contributed by atoms with Gasteiger partial charge in [0.05, 0.1) is 13.1 Å². The first kappa shape index (κ1) is 32.2. The number of benzene rings is 1. The summed E-state index contributed by atoms with van der Waals surface area (Å²) < 4.78 is 25.4. The van der Waals surface area contributed by atoms with Crippen molar-refractivity contribution < 1.29 is 42.9 Å². The maximum absolute atomic E-state index is 14.3. The van der Waals surface area contributed by atoms with Gasteiger partial charge in [0.2, 0.25) is 11.8 Å². The number of carbonyl (C=O) groups excluding carboxylic acids is 4. The molecule has 0 bridgehead atoms. The number of carboxylic acids is 1. The quantitative estimate of drug-likeness (QED) is 0.429. The Morgan fingerprint density at radius 3 is 2.62 bits per heavy atom. The SMILES string of the molecule is CC(C)(C)OC(=O)NC1CCCCCC=CC2CC2(C(=O)O)NC(=O)C2CC(OC(=O)N3Cc4cccc(F)c4C3)CN2C1=O. The molecule has 1 aromatic rings. The van der Waals surface area contributed by atoms with E-state index in [2.05, 4.69) is 10.6 Å². The predicted molar refractivity (Wildman–Crippen MR) is 158 cm³/mol. The summed E-state index contributed by atoms with van der Waals surface area (Å²) in [5.74, 6) is -3.20. The number of rotatable bonds is 3. The molecule has 5 unspecified atom stereocenters. The number of hydrogen-bond donors (Lipinski definition) is 3. The highest BCUT2D eigenvalue weighted by molar-refractivity contribution is 5.96. The van der Waals surface area contributed by atoms with Crippen LogP contribution < -0.4 is 10.6 Å². The van der Waals surface area contributed by atoms with Crippen LogP contribution in [0.5, 0.6) is 0 Å². The van der Waals surface area contributed by atoms with Crippen LogP contribution in [0.4, 0.5) is 14.0 Å². The van der Waals surface area contributed by atoms with E-state index in [1.165, 1.54) is 15.9 Å². The predicted octanol–water partition coefficient (Wildman–Crippen LogP) is 3.62. The molecule has 1 aromatic carbocycles. The molecule has 1 saturated carbocycles. The molecule has 1 saturated heterocycles. The van der Waals surface area contributed by atoms with Crippen LogP contribution in [-0.4, -0.2) is 80.7 Å². The molecule has 1 aliphatic carbocycles. The Labute approximate surface area is 261 Å². The summed E-state index contributed by atoms with van der Waals surface area (Å²) in [4.78, 5) is 68.5. The minimum Gasteiger partial charge on any atom is -0.479 e. The molecular weight excluding hydrogens is 587 g/mol. The first-order valence-corrected chi connectivity index (χ1v) is 15.5. The number of hydrogen-bond acceptors (Lipinski definition) is 7. The van der Waals surface area contributed by atoms with Crippen molar-refractivity contribution in [2.75, 3.05) is 6.54 Å². The fourth-order valence-electron chi connectivity index (χ4n) is 6.32. The van der Waals surface area contributed by atoms with Crippen LogP contribution in [0.25, 0.3) is 0 Å². The van der Waals surface area contributed by atoms with Crippen molar-refractivity contribution in [1.82, 2.24) is 20.4 Å². The molecule has 0 radical (unpaired) electrons. The number of carbonyl (C=O) groups is 5. The van der Waals surface area contributed by atoms with Crippen LogP contribution >= 0.6 is 0 Å². The number of allylic oxidation sites excluding steroid dienone is 1. The van der Waals surface area contributed by atoms with E-state index in [0.717, 1.165) is 19.3 Å². The number of carboxylic acid groups (broad SMARTS) is 1. The summed E-state index contributed by atoms with van der Waals surface area (Å²) in [7, 11) is 0. The highest BCUT2D eigenvalue weighted by Crippen LogP contribution is 2.45. The monoisotopic (exact) mass is 628 g/mol. The zero-order valence-corrected chi connectivity index (χ0v) is 25.8. The molecule has 3 aliphatic heterocycles. The highest BCUT2D eigenvalue weighted by Gasteiger charge is 2.61. The largest absolute Gasteiger partial charge is 0.479 e. The average Bonchev–Trinajstić information content (AvgIpc) is 3.27. The van der Waals surface area contributed by atoms with E-state index in [1.807, 2.05) is 12.2 Å². The van der Waals surface area contributed by atoms with Gasteiger partial charge in [-0.25, -0.2) is 18.8 Å². The van der Waals surface area contributed by atoms with Gasteiger partial charge in [-0.05, 0) is 58.1 Å². The van der Waals surface area contributed by atoms with E-state index in [4.69, 9.17) is 9.47 Å².